The lowest BCUT2D eigenvalue weighted by Gasteiger charge is -2.14. The largest absolute Gasteiger partial charge is 0.494 e. The van der Waals surface area contributed by atoms with Gasteiger partial charge in [-0.2, -0.15) is 0 Å². The van der Waals surface area contributed by atoms with Gasteiger partial charge in [-0.3, -0.25) is 4.79 Å². The third-order valence-corrected chi connectivity index (χ3v) is 3.16. The quantitative estimate of drug-likeness (QED) is 0.910. The predicted molar refractivity (Wildman–Crippen MR) is 73.5 cm³/mol. The normalized spacial score (nSPS) is 11.9. The zero-order valence-electron chi connectivity index (χ0n) is 11.0. The van der Waals surface area contributed by atoms with Crippen molar-refractivity contribution >= 4 is 5.97 Å². The molecule has 2 aromatic carbocycles. The highest BCUT2D eigenvalue weighted by atomic mass is 19.1. The number of carboxylic acids is 1. The van der Waals surface area contributed by atoms with Crippen molar-refractivity contribution in [3.8, 4) is 5.75 Å². The molecule has 0 amide bonds. The number of hydrogen-bond donors (Lipinski definition) is 1. The number of aliphatic carboxylic acids is 1. The average molecular weight is 274 g/mol. The SMILES string of the molecule is COc1ccc(C(Cc2ccccc2)C(=O)O)cc1F. The molecule has 0 heterocycles. The summed E-state index contributed by atoms with van der Waals surface area (Å²) in [5.41, 5.74) is 1.33. The number of benzene rings is 2. The van der Waals surface area contributed by atoms with Gasteiger partial charge in [0.05, 0.1) is 13.0 Å². The first-order valence-electron chi connectivity index (χ1n) is 6.22. The van der Waals surface area contributed by atoms with Crippen LogP contribution < -0.4 is 4.74 Å². The molecule has 3 nitrogen and oxygen atoms in total. The topological polar surface area (TPSA) is 46.5 Å². The molecular weight excluding hydrogens is 259 g/mol. The lowest BCUT2D eigenvalue weighted by atomic mass is 9.92. The van der Waals surface area contributed by atoms with E-state index < -0.39 is 17.7 Å². The molecule has 0 saturated carbocycles. The van der Waals surface area contributed by atoms with Gasteiger partial charge in [-0.05, 0) is 29.7 Å². The maximum atomic E-state index is 13.7. The number of carboxylic acid groups (broad SMARTS) is 1. The van der Waals surface area contributed by atoms with E-state index in [9.17, 15) is 14.3 Å². The van der Waals surface area contributed by atoms with Crippen LogP contribution in [-0.2, 0) is 11.2 Å². The van der Waals surface area contributed by atoms with Crippen LogP contribution in [-0.4, -0.2) is 18.2 Å². The van der Waals surface area contributed by atoms with E-state index in [-0.39, 0.29) is 5.75 Å². The Labute approximate surface area is 116 Å². The first-order chi connectivity index (χ1) is 9.61. The van der Waals surface area contributed by atoms with Crippen molar-refractivity contribution < 1.29 is 19.0 Å². The summed E-state index contributed by atoms with van der Waals surface area (Å²) >= 11 is 0. The standard InChI is InChI=1S/C16H15FO3/c1-20-15-8-7-12(10-14(15)17)13(16(18)19)9-11-5-3-2-4-6-11/h2-8,10,13H,9H2,1H3,(H,18,19). The average Bonchev–Trinajstić information content (AvgIpc) is 2.45. The van der Waals surface area contributed by atoms with Gasteiger partial charge in [0.15, 0.2) is 11.6 Å². The smallest absolute Gasteiger partial charge is 0.311 e. The number of carbonyl (C=O) groups is 1. The van der Waals surface area contributed by atoms with E-state index in [1.807, 2.05) is 30.3 Å². The highest BCUT2D eigenvalue weighted by molar-refractivity contribution is 5.76. The Morgan fingerprint density at radius 1 is 1.25 bits per heavy atom. The number of methoxy groups -OCH3 is 1. The molecule has 2 aromatic rings. The molecule has 0 aliphatic rings. The summed E-state index contributed by atoms with van der Waals surface area (Å²) in [6.45, 7) is 0. The minimum atomic E-state index is -0.974. The van der Waals surface area contributed by atoms with E-state index >= 15 is 0 Å². The Kier molecular flexibility index (Phi) is 4.35. The van der Waals surface area contributed by atoms with Crippen LogP contribution in [0.15, 0.2) is 48.5 Å². The van der Waals surface area contributed by atoms with E-state index in [2.05, 4.69) is 0 Å². The van der Waals surface area contributed by atoms with E-state index in [0.717, 1.165) is 5.56 Å². The van der Waals surface area contributed by atoms with Crippen LogP contribution in [0.3, 0.4) is 0 Å². The molecule has 1 N–H and O–H groups in total. The summed E-state index contributed by atoms with van der Waals surface area (Å²) in [4.78, 5) is 11.4. The summed E-state index contributed by atoms with van der Waals surface area (Å²) in [5.74, 6) is -2.20. The van der Waals surface area contributed by atoms with Crippen LogP contribution in [0, 0.1) is 5.82 Å². The van der Waals surface area contributed by atoms with Gasteiger partial charge in [0.2, 0.25) is 0 Å². The molecule has 0 aliphatic heterocycles. The Balaban J connectivity index is 2.29. The van der Waals surface area contributed by atoms with Gasteiger partial charge < -0.3 is 9.84 Å². The van der Waals surface area contributed by atoms with Gasteiger partial charge in [-0.15, -0.1) is 0 Å². The number of rotatable bonds is 5. The highest BCUT2D eigenvalue weighted by Gasteiger charge is 2.21. The molecule has 4 heteroatoms. The van der Waals surface area contributed by atoms with Crippen molar-refractivity contribution in [3.63, 3.8) is 0 Å². The van der Waals surface area contributed by atoms with Crippen LogP contribution in [0.4, 0.5) is 4.39 Å². The maximum Gasteiger partial charge on any atom is 0.311 e. The fourth-order valence-electron chi connectivity index (χ4n) is 2.10. The molecule has 0 radical (unpaired) electrons. The van der Waals surface area contributed by atoms with Crippen molar-refractivity contribution in [2.24, 2.45) is 0 Å². The molecule has 0 spiro atoms. The minimum absolute atomic E-state index is 0.109. The lowest BCUT2D eigenvalue weighted by Crippen LogP contribution is -2.14. The molecule has 0 aliphatic carbocycles. The van der Waals surface area contributed by atoms with Crippen molar-refractivity contribution in [3.05, 3.63) is 65.5 Å². The van der Waals surface area contributed by atoms with Crippen molar-refractivity contribution in [1.82, 2.24) is 0 Å². The summed E-state index contributed by atoms with van der Waals surface area (Å²) < 4.78 is 18.5. The fraction of sp³-hybridized carbons (Fsp3) is 0.188. The van der Waals surface area contributed by atoms with Gasteiger partial charge in [0.25, 0.3) is 0 Å². The molecule has 1 atom stereocenters. The summed E-state index contributed by atoms with van der Waals surface area (Å²) in [6.07, 6.45) is 0.321. The minimum Gasteiger partial charge on any atom is -0.494 e. The zero-order valence-corrected chi connectivity index (χ0v) is 11.0. The van der Waals surface area contributed by atoms with Crippen LogP contribution in [0.5, 0.6) is 5.75 Å². The predicted octanol–water partition coefficient (Wildman–Crippen LogP) is 3.25. The monoisotopic (exact) mass is 274 g/mol. The van der Waals surface area contributed by atoms with Crippen molar-refractivity contribution in [2.45, 2.75) is 12.3 Å². The summed E-state index contributed by atoms with van der Waals surface area (Å²) in [5, 5.41) is 9.35. The van der Waals surface area contributed by atoms with Gasteiger partial charge in [-0.1, -0.05) is 36.4 Å². The Bertz CT molecular complexity index is 596. The Hall–Kier alpha value is -2.36. The van der Waals surface area contributed by atoms with E-state index in [0.29, 0.717) is 12.0 Å². The van der Waals surface area contributed by atoms with Crippen LogP contribution in [0.25, 0.3) is 0 Å². The van der Waals surface area contributed by atoms with Crippen molar-refractivity contribution in [2.75, 3.05) is 7.11 Å². The number of hydrogen-bond acceptors (Lipinski definition) is 2. The first-order valence-corrected chi connectivity index (χ1v) is 6.22. The van der Waals surface area contributed by atoms with E-state index in [4.69, 9.17) is 4.74 Å². The fourth-order valence-corrected chi connectivity index (χ4v) is 2.10. The van der Waals surface area contributed by atoms with Crippen LogP contribution in [0.1, 0.15) is 17.0 Å². The summed E-state index contributed by atoms with van der Waals surface area (Å²) in [7, 11) is 1.37. The second-order valence-corrected chi connectivity index (χ2v) is 4.47. The van der Waals surface area contributed by atoms with Gasteiger partial charge >= 0.3 is 5.97 Å². The molecule has 0 bridgehead atoms. The Morgan fingerprint density at radius 2 is 1.95 bits per heavy atom. The Morgan fingerprint density at radius 3 is 2.50 bits per heavy atom. The molecule has 0 fully saturated rings. The lowest BCUT2D eigenvalue weighted by molar-refractivity contribution is -0.138. The molecule has 1 unspecified atom stereocenters. The van der Waals surface area contributed by atoms with Crippen LogP contribution in [0.2, 0.25) is 0 Å². The highest BCUT2D eigenvalue weighted by Crippen LogP contribution is 2.26. The van der Waals surface area contributed by atoms with E-state index in [1.54, 1.807) is 6.07 Å². The van der Waals surface area contributed by atoms with Crippen LogP contribution >= 0.6 is 0 Å². The van der Waals surface area contributed by atoms with Gasteiger partial charge in [-0.25, -0.2) is 4.39 Å². The third-order valence-electron chi connectivity index (χ3n) is 3.16. The van der Waals surface area contributed by atoms with Gasteiger partial charge in [0.1, 0.15) is 0 Å². The first kappa shape index (κ1) is 14.1. The molecule has 104 valence electrons. The number of ether oxygens (including phenoxy) is 1. The maximum absolute atomic E-state index is 13.7. The number of halogens is 1. The van der Waals surface area contributed by atoms with E-state index in [1.165, 1.54) is 19.2 Å². The third kappa shape index (κ3) is 3.15. The van der Waals surface area contributed by atoms with Crippen molar-refractivity contribution in [1.29, 1.82) is 0 Å². The molecule has 0 aromatic heterocycles. The zero-order chi connectivity index (χ0) is 14.5. The van der Waals surface area contributed by atoms with Gasteiger partial charge in [0, 0.05) is 0 Å². The second-order valence-electron chi connectivity index (χ2n) is 4.47. The summed E-state index contributed by atoms with van der Waals surface area (Å²) in [6, 6.07) is 13.5. The second kappa shape index (κ2) is 6.19. The molecular formula is C16H15FO3. The molecule has 2 rings (SSSR count). The molecule has 0 saturated heterocycles. The molecule has 20 heavy (non-hydrogen) atoms.